The number of aromatic amines is 1. The summed E-state index contributed by atoms with van der Waals surface area (Å²) in [6.45, 7) is 1.94. The molecule has 178 valence electrons. The van der Waals surface area contributed by atoms with Gasteiger partial charge < -0.3 is 15.0 Å². The van der Waals surface area contributed by atoms with Gasteiger partial charge in [-0.1, -0.05) is 42.5 Å². The normalized spacial score (nSPS) is 22.9. The number of esters is 1. The molecule has 2 heterocycles. The predicted molar refractivity (Wildman–Crippen MR) is 136 cm³/mol. The lowest BCUT2D eigenvalue weighted by atomic mass is 9.71. The van der Waals surface area contributed by atoms with Gasteiger partial charge in [0.15, 0.2) is 5.78 Å². The number of carbonyl (C=O) groups is 2. The lowest BCUT2D eigenvalue weighted by Crippen LogP contribution is -2.36. The molecule has 1 aromatic heterocycles. The average molecular weight is 467 g/mol. The first-order chi connectivity index (χ1) is 17.1. The van der Waals surface area contributed by atoms with Gasteiger partial charge in [0.05, 0.1) is 5.57 Å². The van der Waals surface area contributed by atoms with Crippen LogP contribution in [0.15, 0.2) is 83.3 Å². The van der Waals surface area contributed by atoms with E-state index in [4.69, 9.17) is 4.74 Å². The third-order valence-corrected chi connectivity index (χ3v) is 7.81. The van der Waals surface area contributed by atoms with Gasteiger partial charge in [-0.25, -0.2) is 4.79 Å². The number of ether oxygens (including phenoxy) is 1. The van der Waals surface area contributed by atoms with Crippen molar-refractivity contribution in [1.82, 2.24) is 10.3 Å². The number of Topliss-reactive ketones (excluding diaryl/α,β-unsaturated/α-hetero) is 1. The van der Waals surface area contributed by atoms with Crippen molar-refractivity contribution in [2.45, 2.75) is 63.4 Å². The highest BCUT2D eigenvalue weighted by Gasteiger charge is 2.42. The van der Waals surface area contributed by atoms with E-state index in [9.17, 15) is 9.59 Å². The molecule has 2 aliphatic carbocycles. The van der Waals surface area contributed by atoms with Crippen LogP contribution in [0, 0.1) is 0 Å². The fourth-order valence-electron chi connectivity index (χ4n) is 6.07. The minimum atomic E-state index is -0.433. The first kappa shape index (κ1) is 21.9. The summed E-state index contributed by atoms with van der Waals surface area (Å²) in [7, 11) is 0. The number of benzene rings is 2. The zero-order chi connectivity index (χ0) is 23.9. The second-order valence-corrected chi connectivity index (χ2v) is 10.1. The topological polar surface area (TPSA) is 71.2 Å². The summed E-state index contributed by atoms with van der Waals surface area (Å²) in [6, 6.07) is 18.4. The molecular weight excluding hydrogens is 436 g/mol. The molecule has 5 heteroatoms. The van der Waals surface area contributed by atoms with E-state index in [2.05, 4.69) is 34.6 Å². The number of fused-ring (bicyclic) bond motifs is 1. The van der Waals surface area contributed by atoms with Gasteiger partial charge in [0.1, 0.15) is 6.10 Å². The number of H-pyrrole nitrogens is 1. The molecule has 3 aromatic rings. The molecule has 0 spiro atoms. The number of aromatic nitrogens is 1. The zero-order valence-electron chi connectivity index (χ0n) is 20.0. The second kappa shape index (κ2) is 8.88. The maximum absolute atomic E-state index is 13.7. The molecule has 3 aliphatic rings. The van der Waals surface area contributed by atoms with Crippen molar-refractivity contribution in [1.29, 1.82) is 0 Å². The van der Waals surface area contributed by atoms with Crippen molar-refractivity contribution in [2.24, 2.45) is 0 Å². The molecule has 1 saturated carbocycles. The maximum atomic E-state index is 13.7. The molecule has 2 N–H and O–H groups in total. The summed E-state index contributed by atoms with van der Waals surface area (Å²) in [5.74, 6) is -0.510. The third-order valence-electron chi connectivity index (χ3n) is 7.81. The Morgan fingerprint density at radius 2 is 1.77 bits per heavy atom. The Hall–Kier alpha value is -3.60. The average Bonchev–Trinajstić information content (AvgIpc) is 3.55. The van der Waals surface area contributed by atoms with E-state index in [1.54, 1.807) is 0 Å². The van der Waals surface area contributed by atoms with Crippen molar-refractivity contribution >= 4 is 22.7 Å². The summed E-state index contributed by atoms with van der Waals surface area (Å²) < 4.78 is 5.97. The predicted octanol–water partition coefficient (Wildman–Crippen LogP) is 6.02. The van der Waals surface area contributed by atoms with Crippen LogP contribution in [0.2, 0.25) is 0 Å². The summed E-state index contributed by atoms with van der Waals surface area (Å²) in [5, 5.41) is 4.57. The van der Waals surface area contributed by atoms with Crippen LogP contribution in [-0.2, 0) is 14.3 Å². The van der Waals surface area contributed by atoms with E-state index in [1.807, 2.05) is 43.5 Å². The van der Waals surface area contributed by atoms with Crippen molar-refractivity contribution < 1.29 is 14.3 Å². The van der Waals surface area contributed by atoms with Gasteiger partial charge in [-0.05, 0) is 73.6 Å². The van der Waals surface area contributed by atoms with Crippen molar-refractivity contribution in [3.05, 3.63) is 94.5 Å². The standard InChI is InChI=1S/C30H30N2O3/c1-18-27(30(34)35-23-9-5-6-10-23)28(21-12-11-20-13-14-31-24(20)15-21)29-25(32-18)16-22(17-26(29)33)19-7-3-2-4-8-19/h2-4,7-8,11-15,22-23,28,31-32H,5-6,9-10,16-17H2,1H3. The van der Waals surface area contributed by atoms with E-state index >= 15 is 0 Å². The number of allylic oxidation sites excluding steroid dienone is 3. The van der Waals surface area contributed by atoms with Crippen LogP contribution in [0.25, 0.3) is 10.9 Å². The Morgan fingerprint density at radius 1 is 0.971 bits per heavy atom. The number of rotatable bonds is 4. The fraction of sp³-hybridized carbons (Fsp3) is 0.333. The monoisotopic (exact) mass is 466 g/mol. The molecule has 2 unspecified atom stereocenters. The van der Waals surface area contributed by atoms with E-state index in [-0.39, 0.29) is 23.8 Å². The van der Waals surface area contributed by atoms with Gasteiger partial charge in [0, 0.05) is 41.0 Å². The number of hydrogen-bond donors (Lipinski definition) is 2. The summed E-state index contributed by atoms with van der Waals surface area (Å²) in [4.78, 5) is 30.6. The SMILES string of the molecule is CC1=C(C(=O)OC2CCCC2)C(c2ccc3cc[nH]c3c2)C2=C(CC(c3ccccc3)CC2=O)N1. The Bertz CT molecular complexity index is 1360. The molecule has 0 bridgehead atoms. The Balaban J connectivity index is 1.43. The van der Waals surface area contributed by atoms with Gasteiger partial charge in [0.2, 0.25) is 0 Å². The van der Waals surface area contributed by atoms with E-state index in [0.717, 1.165) is 60.0 Å². The molecule has 2 aromatic carbocycles. The van der Waals surface area contributed by atoms with Crippen LogP contribution in [0.4, 0.5) is 0 Å². The van der Waals surface area contributed by atoms with Crippen LogP contribution < -0.4 is 5.32 Å². The van der Waals surface area contributed by atoms with Crippen molar-refractivity contribution in [3.63, 3.8) is 0 Å². The van der Waals surface area contributed by atoms with Crippen LogP contribution in [0.1, 0.15) is 68.4 Å². The van der Waals surface area contributed by atoms with Gasteiger partial charge in [0.25, 0.3) is 0 Å². The Labute approximate surface area is 205 Å². The van der Waals surface area contributed by atoms with Crippen LogP contribution in [-0.4, -0.2) is 22.8 Å². The van der Waals surface area contributed by atoms with Gasteiger partial charge in [-0.2, -0.15) is 0 Å². The van der Waals surface area contributed by atoms with E-state index < -0.39 is 5.92 Å². The number of dihydropyridines is 1. The van der Waals surface area contributed by atoms with Crippen molar-refractivity contribution in [2.75, 3.05) is 0 Å². The number of nitrogens with one attached hydrogen (secondary N) is 2. The first-order valence-corrected chi connectivity index (χ1v) is 12.7. The van der Waals surface area contributed by atoms with Crippen molar-refractivity contribution in [3.8, 4) is 0 Å². The molecule has 2 atom stereocenters. The molecule has 1 aliphatic heterocycles. The molecule has 1 fully saturated rings. The number of hydrogen-bond acceptors (Lipinski definition) is 4. The largest absolute Gasteiger partial charge is 0.459 e. The fourth-order valence-corrected chi connectivity index (χ4v) is 6.07. The first-order valence-electron chi connectivity index (χ1n) is 12.7. The molecule has 35 heavy (non-hydrogen) atoms. The lowest BCUT2D eigenvalue weighted by molar-refractivity contribution is -0.144. The Kier molecular flexibility index (Phi) is 5.56. The number of ketones is 1. The highest BCUT2D eigenvalue weighted by Crippen LogP contribution is 2.46. The highest BCUT2D eigenvalue weighted by molar-refractivity contribution is 6.04. The quantitative estimate of drug-likeness (QED) is 0.462. The lowest BCUT2D eigenvalue weighted by Gasteiger charge is -2.37. The number of carbonyl (C=O) groups excluding carboxylic acids is 2. The molecule has 0 amide bonds. The molecular formula is C30H30N2O3. The minimum absolute atomic E-state index is 0.0331. The zero-order valence-corrected chi connectivity index (χ0v) is 20.0. The molecule has 5 nitrogen and oxygen atoms in total. The van der Waals surface area contributed by atoms with E-state index in [0.29, 0.717) is 17.6 Å². The Morgan fingerprint density at radius 3 is 2.57 bits per heavy atom. The van der Waals surface area contributed by atoms with Crippen LogP contribution in [0.5, 0.6) is 0 Å². The molecule has 0 saturated heterocycles. The molecule has 6 rings (SSSR count). The smallest absolute Gasteiger partial charge is 0.337 e. The summed E-state index contributed by atoms with van der Waals surface area (Å²) in [6.07, 6.45) is 7.07. The third kappa shape index (κ3) is 3.99. The van der Waals surface area contributed by atoms with Crippen LogP contribution >= 0.6 is 0 Å². The van der Waals surface area contributed by atoms with Gasteiger partial charge in [-0.15, -0.1) is 0 Å². The second-order valence-electron chi connectivity index (χ2n) is 10.1. The summed E-state index contributed by atoms with van der Waals surface area (Å²) >= 11 is 0. The van der Waals surface area contributed by atoms with E-state index in [1.165, 1.54) is 5.56 Å². The molecule has 0 radical (unpaired) electrons. The van der Waals surface area contributed by atoms with Crippen LogP contribution in [0.3, 0.4) is 0 Å². The van der Waals surface area contributed by atoms with Gasteiger partial charge in [-0.3, -0.25) is 4.79 Å². The van der Waals surface area contributed by atoms with Gasteiger partial charge >= 0.3 is 5.97 Å². The highest BCUT2D eigenvalue weighted by atomic mass is 16.5. The minimum Gasteiger partial charge on any atom is -0.459 e. The summed E-state index contributed by atoms with van der Waals surface area (Å²) in [5.41, 5.74) is 6.10. The maximum Gasteiger partial charge on any atom is 0.337 e.